The SMILES string of the molecule is CCOc1cc(C=NNC(=O)COc2ccc(F)cc2)ccc1OC(=O)c1ccc(Cl)cc1Cl. The van der Waals surface area contributed by atoms with Gasteiger partial charge in [0.15, 0.2) is 18.1 Å². The number of carbonyl (C=O) groups is 2. The van der Waals surface area contributed by atoms with Crippen LogP contribution in [0.4, 0.5) is 4.39 Å². The molecule has 0 fully saturated rings. The normalized spacial score (nSPS) is 10.7. The molecule has 34 heavy (non-hydrogen) atoms. The Morgan fingerprint density at radius 2 is 1.76 bits per heavy atom. The highest BCUT2D eigenvalue weighted by atomic mass is 35.5. The van der Waals surface area contributed by atoms with Crippen LogP contribution in [-0.2, 0) is 4.79 Å². The number of benzene rings is 3. The van der Waals surface area contributed by atoms with Crippen LogP contribution in [0, 0.1) is 5.82 Å². The lowest BCUT2D eigenvalue weighted by Crippen LogP contribution is -2.24. The van der Waals surface area contributed by atoms with Crippen LogP contribution in [0.5, 0.6) is 17.2 Å². The second-order valence-corrected chi connectivity index (χ2v) is 7.53. The summed E-state index contributed by atoms with van der Waals surface area (Å²) in [4.78, 5) is 24.4. The number of hydrogen-bond donors (Lipinski definition) is 1. The van der Waals surface area contributed by atoms with Gasteiger partial charge in [0.05, 0.1) is 23.4 Å². The van der Waals surface area contributed by atoms with Crippen LogP contribution >= 0.6 is 23.2 Å². The van der Waals surface area contributed by atoms with Gasteiger partial charge < -0.3 is 14.2 Å². The van der Waals surface area contributed by atoms with Crippen molar-refractivity contribution in [3.63, 3.8) is 0 Å². The minimum absolute atomic E-state index is 0.157. The Labute approximate surface area is 205 Å². The van der Waals surface area contributed by atoms with E-state index < -0.39 is 17.7 Å². The van der Waals surface area contributed by atoms with E-state index in [9.17, 15) is 14.0 Å². The van der Waals surface area contributed by atoms with Crippen LogP contribution in [0.3, 0.4) is 0 Å². The average molecular weight is 505 g/mol. The summed E-state index contributed by atoms with van der Waals surface area (Å²) < 4.78 is 29.1. The van der Waals surface area contributed by atoms with Gasteiger partial charge in [-0.15, -0.1) is 0 Å². The highest BCUT2D eigenvalue weighted by molar-refractivity contribution is 6.36. The molecular formula is C24H19Cl2FN2O5. The summed E-state index contributed by atoms with van der Waals surface area (Å²) >= 11 is 11.9. The molecule has 3 rings (SSSR count). The number of rotatable bonds is 9. The van der Waals surface area contributed by atoms with Gasteiger partial charge in [0.2, 0.25) is 0 Å². The molecular weight excluding hydrogens is 486 g/mol. The first kappa shape index (κ1) is 25.0. The third-order valence-corrected chi connectivity index (χ3v) is 4.76. The lowest BCUT2D eigenvalue weighted by molar-refractivity contribution is -0.123. The number of halogens is 3. The standard InChI is InChI=1S/C24H19Cl2FN2O5/c1-2-32-22-11-15(13-28-29-23(30)14-33-18-7-5-17(27)6-8-18)3-10-21(22)34-24(31)19-9-4-16(25)12-20(19)26/h3-13H,2,14H2,1H3,(H,29,30). The van der Waals surface area contributed by atoms with Crippen molar-refractivity contribution in [3.8, 4) is 17.2 Å². The van der Waals surface area contributed by atoms with Crippen molar-refractivity contribution in [2.75, 3.05) is 13.2 Å². The molecule has 0 atom stereocenters. The molecule has 10 heteroatoms. The van der Waals surface area contributed by atoms with E-state index in [1.165, 1.54) is 54.7 Å². The molecule has 176 valence electrons. The third-order valence-electron chi connectivity index (χ3n) is 4.21. The number of ether oxygens (including phenoxy) is 3. The minimum Gasteiger partial charge on any atom is -0.490 e. The number of hydrazone groups is 1. The molecule has 0 heterocycles. The number of carbonyl (C=O) groups excluding carboxylic acids is 2. The molecule has 1 N–H and O–H groups in total. The van der Waals surface area contributed by atoms with Crippen LogP contribution < -0.4 is 19.6 Å². The molecule has 0 aliphatic heterocycles. The predicted molar refractivity (Wildman–Crippen MR) is 127 cm³/mol. The van der Waals surface area contributed by atoms with Crippen LogP contribution in [0.25, 0.3) is 0 Å². The Kier molecular flexibility index (Phi) is 8.84. The number of hydrogen-bond acceptors (Lipinski definition) is 6. The van der Waals surface area contributed by atoms with Crippen molar-refractivity contribution < 1.29 is 28.2 Å². The van der Waals surface area contributed by atoms with Crippen LogP contribution in [0.1, 0.15) is 22.8 Å². The fourth-order valence-corrected chi connectivity index (χ4v) is 3.14. The Hall–Kier alpha value is -3.62. The highest BCUT2D eigenvalue weighted by Crippen LogP contribution is 2.30. The second-order valence-electron chi connectivity index (χ2n) is 6.69. The van der Waals surface area contributed by atoms with Crippen molar-refractivity contribution in [2.24, 2.45) is 5.10 Å². The van der Waals surface area contributed by atoms with Gasteiger partial charge in [-0.25, -0.2) is 14.6 Å². The zero-order valence-electron chi connectivity index (χ0n) is 17.9. The lowest BCUT2D eigenvalue weighted by atomic mass is 10.2. The maximum atomic E-state index is 12.9. The van der Waals surface area contributed by atoms with Crippen molar-refractivity contribution in [3.05, 3.63) is 87.7 Å². The Bertz CT molecular complexity index is 1200. The van der Waals surface area contributed by atoms with Gasteiger partial charge in [-0.3, -0.25) is 4.79 Å². The van der Waals surface area contributed by atoms with E-state index in [0.29, 0.717) is 28.7 Å². The largest absolute Gasteiger partial charge is 0.490 e. The number of esters is 1. The molecule has 7 nitrogen and oxygen atoms in total. The van der Waals surface area contributed by atoms with Crippen molar-refractivity contribution in [1.29, 1.82) is 0 Å². The monoisotopic (exact) mass is 504 g/mol. The molecule has 0 bridgehead atoms. The first-order chi connectivity index (χ1) is 16.4. The van der Waals surface area contributed by atoms with Crippen LogP contribution in [-0.4, -0.2) is 31.3 Å². The van der Waals surface area contributed by atoms with E-state index in [4.69, 9.17) is 37.4 Å². The predicted octanol–water partition coefficient (Wildman–Crippen LogP) is 5.28. The third kappa shape index (κ3) is 7.19. The van der Waals surface area contributed by atoms with Crippen LogP contribution in [0.15, 0.2) is 65.8 Å². The molecule has 0 saturated carbocycles. The van der Waals surface area contributed by atoms with E-state index in [1.807, 2.05) is 0 Å². The van der Waals surface area contributed by atoms with Gasteiger partial charge in [-0.05, 0) is 73.2 Å². The van der Waals surface area contributed by atoms with Crippen molar-refractivity contribution >= 4 is 41.3 Å². The summed E-state index contributed by atoms with van der Waals surface area (Å²) in [7, 11) is 0. The first-order valence-corrected chi connectivity index (χ1v) is 10.8. The molecule has 0 unspecified atom stereocenters. The quantitative estimate of drug-likeness (QED) is 0.185. The molecule has 0 radical (unpaired) electrons. The van der Waals surface area contributed by atoms with E-state index >= 15 is 0 Å². The van der Waals surface area contributed by atoms with Gasteiger partial charge >= 0.3 is 5.97 Å². The molecule has 0 aliphatic carbocycles. The smallest absolute Gasteiger partial charge is 0.345 e. The summed E-state index contributed by atoms with van der Waals surface area (Å²) in [6.45, 7) is 1.81. The molecule has 3 aromatic rings. The maximum Gasteiger partial charge on any atom is 0.345 e. The Morgan fingerprint density at radius 1 is 1.00 bits per heavy atom. The average Bonchev–Trinajstić information content (AvgIpc) is 2.80. The molecule has 0 aromatic heterocycles. The van der Waals surface area contributed by atoms with E-state index in [2.05, 4.69) is 10.5 Å². The fraction of sp³-hybridized carbons (Fsp3) is 0.125. The van der Waals surface area contributed by atoms with Gasteiger partial charge in [0.1, 0.15) is 11.6 Å². The summed E-state index contributed by atoms with van der Waals surface area (Å²) in [6, 6.07) is 14.5. The van der Waals surface area contributed by atoms with Gasteiger partial charge in [0, 0.05) is 5.02 Å². The summed E-state index contributed by atoms with van der Waals surface area (Å²) in [5.41, 5.74) is 3.06. The molecule has 3 aromatic carbocycles. The summed E-state index contributed by atoms with van der Waals surface area (Å²) in [5, 5.41) is 4.43. The van der Waals surface area contributed by atoms with Gasteiger partial charge in [0.25, 0.3) is 5.91 Å². The number of nitrogens with zero attached hydrogens (tertiary/aromatic N) is 1. The van der Waals surface area contributed by atoms with Crippen molar-refractivity contribution in [2.45, 2.75) is 6.92 Å². The first-order valence-electron chi connectivity index (χ1n) is 10.00. The molecule has 1 amide bonds. The molecule has 0 aliphatic rings. The van der Waals surface area contributed by atoms with Crippen molar-refractivity contribution in [1.82, 2.24) is 5.43 Å². The van der Waals surface area contributed by atoms with E-state index in [0.717, 1.165) is 0 Å². The second kappa shape index (κ2) is 12.0. The molecule has 0 saturated heterocycles. The Morgan fingerprint density at radius 3 is 2.47 bits per heavy atom. The topological polar surface area (TPSA) is 86.2 Å². The van der Waals surface area contributed by atoms with E-state index in [-0.39, 0.29) is 22.9 Å². The zero-order chi connectivity index (χ0) is 24.5. The van der Waals surface area contributed by atoms with Gasteiger partial charge in [-0.2, -0.15) is 5.10 Å². The zero-order valence-corrected chi connectivity index (χ0v) is 19.4. The Balaban J connectivity index is 1.61. The molecule has 0 spiro atoms. The summed E-state index contributed by atoms with van der Waals surface area (Å²) in [5.74, 6) is -0.731. The minimum atomic E-state index is -0.669. The summed E-state index contributed by atoms with van der Waals surface area (Å²) in [6.07, 6.45) is 1.39. The van der Waals surface area contributed by atoms with Crippen LogP contribution in [0.2, 0.25) is 10.0 Å². The number of amides is 1. The highest BCUT2D eigenvalue weighted by Gasteiger charge is 2.16. The fourth-order valence-electron chi connectivity index (χ4n) is 2.66. The van der Waals surface area contributed by atoms with E-state index in [1.54, 1.807) is 19.1 Å². The lowest BCUT2D eigenvalue weighted by Gasteiger charge is -2.12. The number of nitrogens with one attached hydrogen (secondary N) is 1. The van der Waals surface area contributed by atoms with Gasteiger partial charge in [-0.1, -0.05) is 23.2 Å². The maximum absolute atomic E-state index is 12.9.